The van der Waals surface area contributed by atoms with Gasteiger partial charge in [-0.05, 0) is 55.0 Å². The highest BCUT2D eigenvalue weighted by Crippen LogP contribution is 2.34. The van der Waals surface area contributed by atoms with Crippen LogP contribution in [0.25, 0.3) is 11.3 Å². The Labute approximate surface area is 198 Å². The van der Waals surface area contributed by atoms with E-state index in [2.05, 4.69) is 15.3 Å². The van der Waals surface area contributed by atoms with Crippen LogP contribution in [0.15, 0.2) is 77.6 Å². The number of anilines is 4. The number of hydrogen-bond acceptors (Lipinski definition) is 5. The number of benzene rings is 2. The molecule has 1 N–H and O–H groups in total. The van der Waals surface area contributed by atoms with Gasteiger partial charge in [0, 0.05) is 48.1 Å². The van der Waals surface area contributed by atoms with Crippen LogP contribution in [0.2, 0.25) is 0 Å². The molecule has 1 aliphatic rings. The Bertz CT molecular complexity index is 1370. The number of halogens is 3. The molecular weight excluding hydrogens is 459 g/mol. The van der Waals surface area contributed by atoms with E-state index in [-0.39, 0.29) is 18.2 Å². The molecule has 1 aliphatic heterocycles. The molecule has 2 amide bonds. The van der Waals surface area contributed by atoms with Gasteiger partial charge in [-0.15, -0.1) is 0 Å². The second-order valence-electron chi connectivity index (χ2n) is 8.02. The van der Waals surface area contributed by atoms with E-state index in [0.717, 1.165) is 23.3 Å². The quantitative estimate of drug-likeness (QED) is 0.366. The number of carbonyl (C=O) groups is 1. The fourth-order valence-corrected chi connectivity index (χ4v) is 3.88. The molecule has 35 heavy (non-hydrogen) atoms. The first-order chi connectivity index (χ1) is 16.8. The van der Waals surface area contributed by atoms with Crippen LogP contribution >= 0.6 is 0 Å². The number of rotatable bonds is 5. The summed E-state index contributed by atoms with van der Waals surface area (Å²) in [5, 5.41) is 3.14. The summed E-state index contributed by atoms with van der Waals surface area (Å²) >= 11 is 0. The molecule has 10 heteroatoms. The number of pyridine rings is 1. The predicted octanol–water partition coefficient (Wildman–Crippen LogP) is 6.25. The molecule has 7 nitrogen and oxygen atoms in total. The highest BCUT2D eigenvalue weighted by atomic mass is 19.4. The second kappa shape index (κ2) is 8.79. The maximum atomic E-state index is 13.1. The molecule has 0 saturated carbocycles. The van der Waals surface area contributed by atoms with Crippen molar-refractivity contribution < 1.29 is 22.4 Å². The van der Waals surface area contributed by atoms with Crippen molar-refractivity contribution in [1.29, 1.82) is 0 Å². The molecule has 0 spiro atoms. The molecular formula is C25H20F3N5O2. The third-order valence-corrected chi connectivity index (χ3v) is 5.74. The second-order valence-corrected chi connectivity index (χ2v) is 8.02. The number of amides is 2. The lowest BCUT2D eigenvalue weighted by molar-refractivity contribution is -0.137. The van der Waals surface area contributed by atoms with E-state index in [1.807, 2.05) is 25.1 Å². The van der Waals surface area contributed by atoms with Gasteiger partial charge >= 0.3 is 12.2 Å². The maximum absolute atomic E-state index is 13.1. The number of aromatic nitrogens is 2. The van der Waals surface area contributed by atoms with E-state index in [1.54, 1.807) is 30.7 Å². The molecule has 5 rings (SSSR count). The van der Waals surface area contributed by atoms with Gasteiger partial charge in [0.15, 0.2) is 5.76 Å². The Morgan fingerprint density at radius 3 is 2.40 bits per heavy atom. The fourth-order valence-electron chi connectivity index (χ4n) is 3.88. The Morgan fingerprint density at radius 1 is 0.971 bits per heavy atom. The number of oxazole rings is 1. The first-order valence-electron chi connectivity index (χ1n) is 10.8. The van der Waals surface area contributed by atoms with Crippen molar-refractivity contribution in [2.45, 2.75) is 13.1 Å². The molecule has 1 fully saturated rings. The maximum Gasteiger partial charge on any atom is 0.416 e. The van der Waals surface area contributed by atoms with E-state index in [4.69, 9.17) is 4.42 Å². The van der Waals surface area contributed by atoms with Gasteiger partial charge in [-0.3, -0.25) is 14.8 Å². The predicted molar refractivity (Wildman–Crippen MR) is 126 cm³/mol. The van der Waals surface area contributed by atoms with Gasteiger partial charge in [0.1, 0.15) is 0 Å². The molecule has 0 bridgehead atoms. The molecule has 2 aromatic carbocycles. The number of alkyl halides is 3. The third kappa shape index (κ3) is 4.54. The topological polar surface area (TPSA) is 74.5 Å². The van der Waals surface area contributed by atoms with Crippen molar-refractivity contribution in [2.24, 2.45) is 0 Å². The molecule has 1 saturated heterocycles. The molecule has 0 atom stereocenters. The normalized spacial score (nSPS) is 14.0. The first kappa shape index (κ1) is 22.5. The van der Waals surface area contributed by atoms with Crippen LogP contribution in [-0.4, -0.2) is 29.1 Å². The van der Waals surface area contributed by atoms with E-state index < -0.39 is 17.8 Å². The van der Waals surface area contributed by atoms with Crippen molar-refractivity contribution in [3.05, 3.63) is 84.3 Å². The minimum atomic E-state index is -4.48. The highest BCUT2D eigenvalue weighted by molar-refractivity contribution is 6.06. The van der Waals surface area contributed by atoms with Crippen molar-refractivity contribution in [1.82, 2.24) is 9.97 Å². The summed E-state index contributed by atoms with van der Waals surface area (Å²) in [4.78, 5) is 24.2. The lowest BCUT2D eigenvalue weighted by atomic mass is 10.1. The highest BCUT2D eigenvalue weighted by Gasteiger charge is 2.34. The molecule has 2 aromatic heterocycles. The Morgan fingerprint density at radius 2 is 1.69 bits per heavy atom. The summed E-state index contributed by atoms with van der Waals surface area (Å²) in [5.41, 5.74) is 2.46. The van der Waals surface area contributed by atoms with Crippen molar-refractivity contribution in [3.63, 3.8) is 0 Å². The lowest BCUT2D eigenvalue weighted by Gasteiger charge is -2.20. The first-order valence-corrected chi connectivity index (χ1v) is 10.8. The van der Waals surface area contributed by atoms with Crippen LogP contribution in [0.1, 0.15) is 11.1 Å². The summed E-state index contributed by atoms with van der Waals surface area (Å²) in [6.45, 7) is 2.51. The zero-order chi connectivity index (χ0) is 24.6. The fraction of sp³-hybridized carbons (Fsp3) is 0.160. The molecule has 0 aliphatic carbocycles. The molecule has 178 valence electrons. The summed E-state index contributed by atoms with van der Waals surface area (Å²) in [6, 6.07) is 13.7. The van der Waals surface area contributed by atoms with Crippen LogP contribution < -0.4 is 15.1 Å². The van der Waals surface area contributed by atoms with Gasteiger partial charge in [0.25, 0.3) is 6.01 Å². The van der Waals surface area contributed by atoms with Gasteiger partial charge in [0.05, 0.1) is 11.8 Å². The van der Waals surface area contributed by atoms with Crippen LogP contribution in [-0.2, 0) is 6.18 Å². The molecule has 0 radical (unpaired) electrons. The minimum absolute atomic E-state index is 0.209. The standard InChI is InChI=1S/C25H20F3N5O2/c1-16-5-6-20(14-21(16)31-23-30-15-22(35-23)17-7-9-29-10-8-17)33-12-11-32(24(33)34)19-4-2-3-18(13-19)25(26,27)28/h2-10,13-15H,11-12H2,1H3,(H,30,31). The van der Waals surface area contributed by atoms with E-state index in [1.165, 1.54) is 21.9 Å². The SMILES string of the molecule is Cc1ccc(N2CCN(c3cccc(C(F)(F)F)c3)C2=O)cc1Nc1ncc(-c2ccncc2)o1. The summed E-state index contributed by atoms with van der Waals surface area (Å²) in [5.74, 6) is 0.579. The average Bonchev–Trinajstić information content (AvgIpc) is 3.47. The molecule has 0 unspecified atom stereocenters. The van der Waals surface area contributed by atoms with Gasteiger partial charge in [-0.2, -0.15) is 13.2 Å². The number of aryl methyl sites for hydroxylation is 1. The van der Waals surface area contributed by atoms with Crippen molar-refractivity contribution >= 4 is 29.1 Å². The average molecular weight is 479 g/mol. The van der Waals surface area contributed by atoms with Gasteiger partial charge < -0.3 is 9.73 Å². The number of carbonyl (C=O) groups excluding carboxylic acids is 1. The zero-order valence-corrected chi connectivity index (χ0v) is 18.6. The van der Waals surface area contributed by atoms with Gasteiger partial charge in [-0.25, -0.2) is 9.78 Å². The van der Waals surface area contributed by atoms with E-state index in [9.17, 15) is 18.0 Å². The number of hydrogen-bond donors (Lipinski definition) is 1. The lowest BCUT2D eigenvalue weighted by Crippen LogP contribution is -2.31. The van der Waals surface area contributed by atoms with Crippen molar-refractivity contribution in [2.75, 3.05) is 28.2 Å². The monoisotopic (exact) mass is 479 g/mol. The van der Waals surface area contributed by atoms with E-state index in [0.29, 0.717) is 23.7 Å². The number of nitrogens with one attached hydrogen (secondary N) is 1. The Hall–Kier alpha value is -4.34. The van der Waals surface area contributed by atoms with Gasteiger partial charge in [0.2, 0.25) is 0 Å². The summed E-state index contributed by atoms with van der Waals surface area (Å²) in [7, 11) is 0. The number of urea groups is 1. The van der Waals surface area contributed by atoms with E-state index >= 15 is 0 Å². The zero-order valence-electron chi connectivity index (χ0n) is 18.6. The van der Waals surface area contributed by atoms with Gasteiger partial charge in [-0.1, -0.05) is 12.1 Å². The largest absolute Gasteiger partial charge is 0.423 e. The smallest absolute Gasteiger partial charge is 0.416 e. The van der Waals surface area contributed by atoms with Crippen molar-refractivity contribution in [3.8, 4) is 11.3 Å². The molecule has 3 heterocycles. The van der Waals surface area contributed by atoms with Crippen LogP contribution in [0.5, 0.6) is 0 Å². The molecule has 4 aromatic rings. The van der Waals surface area contributed by atoms with Crippen LogP contribution in [0.4, 0.5) is 41.0 Å². The van der Waals surface area contributed by atoms with Crippen LogP contribution in [0.3, 0.4) is 0 Å². The Kier molecular flexibility index (Phi) is 5.64. The third-order valence-electron chi connectivity index (χ3n) is 5.74. The summed E-state index contributed by atoms with van der Waals surface area (Å²) < 4.78 is 45.1. The minimum Gasteiger partial charge on any atom is -0.423 e. The summed E-state index contributed by atoms with van der Waals surface area (Å²) in [6.07, 6.45) is 0.448. The van der Waals surface area contributed by atoms with Crippen LogP contribution in [0, 0.1) is 6.92 Å². The Balaban J connectivity index is 1.36. The number of nitrogens with zero attached hydrogens (tertiary/aromatic N) is 4.